The molecule has 0 aliphatic carbocycles. The van der Waals surface area contributed by atoms with E-state index in [4.69, 9.17) is 8.39 Å². The summed E-state index contributed by atoms with van der Waals surface area (Å²) in [6.07, 6.45) is 0. The summed E-state index contributed by atoms with van der Waals surface area (Å²) in [6, 6.07) is 25.8. The highest BCUT2D eigenvalue weighted by Crippen LogP contribution is 2.45. The zero-order valence-electron chi connectivity index (χ0n) is 19.5. The van der Waals surface area contributed by atoms with Gasteiger partial charge in [-0.05, 0) is 36.4 Å². The highest BCUT2D eigenvalue weighted by atomic mass is 31.1. The third kappa shape index (κ3) is 2.48. The molecule has 0 N–H and O–H groups in total. The summed E-state index contributed by atoms with van der Waals surface area (Å²) >= 11 is 0. The van der Waals surface area contributed by atoms with E-state index in [1.54, 1.807) is 0 Å². The Morgan fingerprint density at radius 3 is 1.44 bits per heavy atom. The second-order valence-corrected chi connectivity index (χ2v) is 10.7. The molecular weight excluding hydrogens is 441 g/mol. The molecule has 0 bridgehead atoms. The zero-order valence-corrected chi connectivity index (χ0v) is 20.4. The average molecular weight is 465 g/mol. The topological polar surface area (TPSA) is 39.4 Å². The lowest BCUT2D eigenvalue weighted by Gasteiger charge is -2.04. The summed E-state index contributed by atoms with van der Waals surface area (Å²) in [5.41, 5.74) is 6.51. The molecule has 168 valence electrons. The van der Waals surface area contributed by atoms with E-state index >= 15 is 0 Å². The summed E-state index contributed by atoms with van der Waals surface area (Å²) in [7, 11) is 6.98. The maximum atomic E-state index is 6.59. The van der Waals surface area contributed by atoms with Gasteiger partial charge in [0.05, 0.1) is 0 Å². The largest absolute Gasteiger partial charge is 0.408 e. The van der Waals surface area contributed by atoms with Crippen molar-refractivity contribution in [3.63, 3.8) is 0 Å². The second-order valence-electron chi connectivity index (χ2n) is 9.09. The van der Waals surface area contributed by atoms with Crippen molar-refractivity contribution in [1.82, 2.24) is 9.13 Å². The van der Waals surface area contributed by atoms with Gasteiger partial charge in [0, 0.05) is 82.6 Å². The molecule has 0 amide bonds. The molecule has 0 aliphatic rings. The first-order chi connectivity index (χ1) is 16.5. The Morgan fingerprint density at radius 1 is 0.559 bits per heavy atom. The standard InChI is InChI=1S/C28H24N3O2P/c1-29(2)34-32-23-15-13-21-25(17-9-5-7-11-19(17)30(21)3)27(23)28-24(33-34)16-14-22-26(28)18-10-6-8-12-20(18)31(22)4/h5-16H,1-4H3. The minimum Gasteiger partial charge on any atom is -0.408 e. The molecule has 0 spiro atoms. The highest BCUT2D eigenvalue weighted by Gasteiger charge is 2.20. The molecule has 7 aromatic rings. The van der Waals surface area contributed by atoms with Gasteiger partial charge in [0.25, 0.3) is 0 Å². The van der Waals surface area contributed by atoms with Crippen LogP contribution in [0.2, 0.25) is 0 Å². The number of hydrogen-bond donors (Lipinski definition) is 0. The van der Waals surface area contributed by atoms with E-state index in [9.17, 15) is 0 Å². The Hall–Kier alpha value is -3.66. The molecule has 0 saturated heterocycles. The fourth-order valence-corrected chi connectivity index (χ4v) is 6.47. The molecule has 0 aliphatic heterocycles. The molecule has 34 heavy (non-hydrogen) atoms. The van der Waals surface area contributed by atoms with E-state index in [-0.39, 0.29) is 0 Å². The number of rotatable bonds is 1. The average Bonchev–Trinajstić information content (AvgIpc) is 3.22. The van der Waals surface area contributed by atoms with Gasteiger partial charge in [-0.15, -0.1) is 0 Å². The molecule has 0 atom stereocenters. The first-order valence-corrected chi connectivity index (χ1v) is 12.5. The number of nitrogens with zero attached hydrogens (tertiary/aromatic N) is 3. The minimum atomic E-state index is -1.29. The van der Waals surface area contributed by atoms with Crippen LogP contribution < -0.4 is 4.67 Å². The fraction of sp³-hybridized carbons (Fsp3) is 0.143. The second kappa shape index (κ2) is 6.92. The number of benzene rings is 4. The van der Waals surface area contributed by atoms with Crippen molar-refractivity contribution in [2.75, 3.05) is 18.8 Å². The monoisotopic (exact) mass is 465 g/mol. The molecule has 7 rings (SSSR count). The Kier molecular flexibility index (Phi) is 4.03. The third-order valence-electron chi connectivity index (χ3n) is 7.01. The van der Waals surface area contributed by atoms with Gasteiger partial charge in [-0.2, -0.15) is 0 Å². The number of fused-ring (bicyclic) bond motifs is 11. The lowest BCUT2D eigenvalue weighted by Crippen LogP contribution is -2.02. The summed E-state index contributed by atoms with van der Waals surface area (Å²) in [6.45, 7) is 0. The fourth-order valence-electron chi connectivity index (χ4n) is 5.46. The van der Waals surface area contributed by atoms with Crippen molar-refractivity contribution in [1.29, 1.82) is 0 Å². The van der Waals surface area contributed by atoms with E-state index in [0.29, 0.717) is 0 Å². The van der Waals surface area contributed by atoms with Crippen LogP contribution in [0.5, 0.6) is 0 Å². The van der Waals surface area contributed by atoms with Gasteiger partial charge >= 0.3 is 8.16 Å². The maximum Gasteiger partial charge on any atom is 0.309 e. The Labute approximate surface area is 197 Å². The van der Waals surface area contributed by atoms with Gasteiger partial charge < -0.3 is 17.5 Å². The highest BCUT2D eigenvalue weighted by molar-refractivity contribution is 7.38. The summed E-state index contributed by atoms with van der Waals surface area (Å²) in [5.74, 6) is 0. The number of aromatic nitrogens is 2. The number of hydrogen-bond acceptors (Lipinski definition) is 3. The predicted octanol–water partition coefficient (Wildman–Crippen LogP) is 7.78. The normalized spacial score (nSPS) is 12.4. The van der Waals surface area contributed by atoms with Crippen molar-refractivity contribution in [2.24, 2.45) is 14.1 Å². The van der Waals surface area contributed by atoms with Crippen LogP contribution in [0.25, 0.3) is 65.6 Å². The van der Waals surface area contributed by atoms with E-state index in [1.807, 2.05) is 18.8 Å². The molecular formula is C28H24N3O2P. The lowest BCUT2D eigenvalue weighted by molar-refractivity contribution is 0.635. The Bertz CT molecular complexity index is 1840. The van der Waals surface area contributed by atoms with Crippen LogP contribution >= 0.6 is 8.16 Å². The lowest BCUT2D eigenvalue weighted by atomic mass is 10.0. The molecule has 3 aromatic heterocycles. The van der Waals surface area contributed by atoms with E-state index in [0.717, 1.165) is 21.9 Å². The number of para-hydroxylation sites is 2. The van der Waals surface area contributed by atoms with Crippen LogP contribution in [0.4, 0.5) is 0 Å². The summed E-state index contributed by atoms with van der Waals surface area (Å²) in [5, 5.41) is 7.07. The van der Waals surface area contributed by atoms with Crippen LogP contribution in [0, 0.1) is 0 Å². The van der Waals surface area contributed by atoms with Crippen molar-refractivity contribution >= 4 is 73.7 Å². The Morgan fingerprint density at radius 2 is 1.00 bits per heavy atom. The third-order valence-corrected chi connectivity index (χ3v) is 8.37. The molecule has 5 nitrogen and oxygen atoms in total. The molecule has 0 fully saturated rings. The molecule has 0 unspecified atom stereocenters. The minimum absolute atomic E-state index is 0.864. The Balaban J connectivity index is 1.91. The van der Waals surface area contributed by atoms with Gasteiger partial charge in [-0.1, -0.05) is 36.4 Å². The summed E-state index contributed by atoms with van der Waals surface area (Å²) < 4.78 is 19.7. The molecule has 3 heterocycles. The van der Waals surface area contributed by atoms with Crippen LogP contribution in [-0.4, -0.2) is 23.2 Å². The van der Waals surface area contributed by atoms with Gasteiger partial charge in [0.2, 0.25) is 0 Å². The first-order valence-electron chi connectivity index (χ1n) is 11.4. The van der Waals surface area contributed by atoms with E-state index < -0.39 is 8.16 Å². The van der Waals surface area contributed by atoms with Crippen molar-refractivity contribution in [3.8, 4) is 0 Å². The molecule has 4 aromatic carbocycles. The van der Waals surface area contributed by atoms with E-state index in [1.165, 1.54) is 43.6 Å². The first kappa shape index (κ1) is 19.8. The van der Waals surface area contributed by atoms with Crippen LogP contribution in [0.15, 0.2) is 81.2 Å². The predicted molar refractivity (Wildman–Crippen MR) is 144 cm³/mol. The van der Waals surface area contributed by atoms with Crippen LogP contribution in [-0.2, 0) is 14.1 Å². The van der Waals surface area contributed by atoms with Crippen LogP contribution in [0.3, 0.4) is 0 Å². The van der Waals surface area contributed by atoms with E-state index in [2.05, 4.69) is 96.0 Å². The summed E-state index contributed by atoms with van der Waals surface area (Å²) in [4.78, 5) is 0. The maximum absolute atomic E-state index is 6.59. The van der Waals surface area contributed by atoms with Gasteiger partial charge in [-0.25, -0.2) is 4.67 Å². The van der Waals surface area contributed by atoms with Gasteiger partial charge in [-0.3, -0.25) is 0 Å². The van der Waals surface area contributed by atoms with Gasteiger partial charge in [0.15, 0.2) is 0 Å². The van der Waals surface area contributed by atoms with Crippen LogP contribution in [0.1, 0.15) is 0 Å². The zero-order chi connectivity index (χ0) is 23.1. The molecule has 6 heteroatoms. The number of aryl methyl sites for hydroxylation is 2. The van der Waals surface area contributed by atoms with Gasteiger partial charge in [0.1, 0.15) is 11.2 Å². The van der Waals surface area contributed by atoms with Crippen molar-refractivity contribution in [3.05, 3.63) is 72.8 Å². The smallest absolute Gasteiger partial charge is 0.309 e. The van der Waals surface area contributed by atoms with Crippen molar-refractivity contribution in [2.45, 2.75) is 0 Å². The molecule has 0 radical (unpaired) electrons. The SMILES string of the molecule is CN(C)p1oc2ccc3c(c4ccccc4n3C)c2c2c(ccc3c2c2ccccc2n3C)o1. The quantitative estimate of drug-likeness (QED) is 0.249. The van der Waals surface area contributed by atoms with Crippen molar-refractivity contribution < 1.29 is 8.39 Å². The molecule has 0 saturated carbocycles.